The second kappa shape index (κ2) is 7.50. The van der Waals surface area contributed by atoms with Crippen LogP contribution in [0.4, 0.5) is 11.4 Å². The van der Waals surface area contributed by atoms with E-state index in [0.29, 0.717) is 21.4 Å². The molecule has 11 heteroatoms. The lowest BCUT2D eigenvalue weighted by atomic mass is 10.3. The van der Waals surface area contributed by atoms with Crippen LogP contribution in [0.1, 0.15) is 6.92 Å². The van der Waals surface area contributed by atoms with Crippen LogP contribution < -0.4 is 5.32 Å². The van der Waals surface area contributed by atoms with E-state index < -0.39 is 4.92 Å². The Hall–Kier alpha value is -2.98. The van der Waals surface area contributed by atoms with Gasteiger partial charge in [0.25, 0.3) is 5.69 Å². The van der Waals surface area contributed by atoms with Gasteiger partial charge in [-0.3, -0.25) is 14.9 Å². The van der Waals surface area contributed by atoms with Crippen LogP contribution >= 0.6 is 23.4 Å². The Morgan fingerprint density at radius 2 is 2.12 bits per heavy atom. The summed E-state index contributed by atoms with van der Waals surface area (Å²) in [7, 11) is 0. The van der Waals surface area contributed by atoms with Crippen molar-refractivity contribution >= 4 is 40.6 Å². The zero-order valence-corrected chi connectivity index (χ0v) is 14.9. The molecule has 0 radical (unpaired) electrons. The van der Waals surface area contributed by atoms with Crippen LogP contribution in [0, 0.1) is 10.1 Å². The summed E-state index contributed by atoms with van der Waals surface area (Å²) in [5.74, 6) is -0.203. The molecule has 1 amide bonds. The van der Waals surface area contributed by atoms with E-state index in [4.69, 9.17) is 11.6 Å². The fraction of sp³-hybridized carbons (Fsp3) is 0.0667. The van der Waals surface area contributed by atoms with Crippen molar-refractivity contribution in [1.29, 1.82) is 0 Å². The summed E-state index contributed by atoms with van der Waals surface area (Å²) in [5, 5.41) is 26.0. The minimum atomic E-state index is -0.514. The topological polar surface area (TPSA) is 116 Å². The largest absolute Gasteiger partial charge is 0.326 e. The highest BCUT2D eigenvalue weighted by Gasteiger charge is 2.19. The van der Waals surface area contributed by atoms with Crippen LogP contribution in [0.5, 0.6) is 0 Å². The van der Waals surface area contributed by atoms with Crippen LogP contribution in [0.25, 0.3) is 5.69 Å². The summed E-state index contributed by atoms with van der Waals surface area (Å²) >= 11 is 6.87. The zero-order valence-electron chi connectivity index (χ0n) is 13.3. The van der Waals surface area contributed by atoms with Gasteiger partial charge in [0.15, 0.2) is 0 Å². The van der Waals surface area contributed by atoms with Gasteiger partial charge < -0.3 is 5.32 Å². The summed E-state index contributed by atoms with van der Waals surface area (Å²) in [6, 6.07) is 11.3. The Bertz CT molecular complexity index is 993. The molecule has 0 aliphatic carbocycles. The summed E-state index contributed by atoms with van der Waals surface area (Å²) in [4.78, 5) is 22.3. The highest BCUT2D eigenvalue weighted by atomic mass is 35.5. The van der Waals surface area contributed by atoms with Gasteiger partial charge in [0.2, 0.25) is 11.1 Å². The fourth-order valence-corrected chi connectivity index (χ4v) is 3.18. The lowest BCUT2D eigenvalue weighted by Gasteiger charge is -2.07. The number of aromatic nitrogens is 4. The molecular weight excluding hydrogens is 380 g/mol. The van der Waals surface area contributed by atoms with Crippen molar-refractivity contribution in [3.8, 4) is 5.69 Å². The maximum atomic E-state index is 11.2. The Kier molecular flexibility index (Phi) is 5.14. The number of nitro groups is 1. The van der Waals surface area contributed by atoms with Crippen molar-refractivity contribution in [2.24, 2.45) is 0 Å². The quantitative estimate of drug-likeness (QED) is 0.524. The highest BCUT2D eigenvalue weighted by Crippen LogP contribution is 2.35. The van der Waals surface area contributed by atoms with E-state index in [1.54, 1.807) is 30.3 Å². The number of carbonyl (C=O) groups is 1. The van der Waals surface area contributed by atoms with Crippen molar-refractivity contribution in [3.63, 3.8) is 0 Å². The molecule has 0 atom stereocenters. The second-order valence-corrected chi connectivity index (χ2v) is 6.52. The number of benzene rings is 2. The number of nitrogens with zero attached hydrogens (tertiary/aromatic N) is 5. The van der Waals surface area contributed by atoms with E-state index in [1.165, 1.54) is 23.7 Å². The molecule has 0 spiro atoms. The van der Waals surface area contributed by atoms with Gasteiger partial charge in [-0.1, -0.05) is 17.7 Å². The molecular formula is C15H11ClN6O3S. The average Bonchev–Trinajstić information content (AvgIpc) is 3.04. The Balaban J connectivity index is 1.95. The first-order chi connectivity index (χ1) is 12.4. The Labute approximate surface area is 156 Å². The van der Waals surface area contributed by atoms with Gasteiger partial charge >= 0.3 is 0 Å². The van der Waals surface area contributed by atoms with Gasteiger partial charge in [0.1, 0.15) is 0 Å². The highest BCUT2D eigenvalue weighted by molar-refractivity contribution is 7.99. The lowest BCUT2D eigenvalue weighted by molar-refractivity contribution is -0.387. The number of carbonyl (C=O) groups excluding carboxylic acids is 1. The van der Waals surface area contributed by atoms with Crippen molar-refractivity contribution < 1.29 is 9.72 Å². The third-order valence-electron chi connectivity index (χ3n) is 3.17. The molecule has 0 unspecified atom stereocenters. The van der Waals surface area contributed by atoms with E-state index in [1.807, 2.05) is 0 Å². The molecule has 3 aromatic rings. The third-order valence-corrected chi connectivity index (χ3v) is 4.41. The maximum Gasteiger partial charge on any atom is 0.284 e. The molecule has 0 saturated carbocycles. The van der Waals surface area contributed by atoms with E-state index in [9.17, 15) is 14.9 Å². The number of rotatable bonds is 5. The van der Waals surface area contributed by atoms with Gasteiger partial charge in [0, 0.05) is 23.7 Å². The monoisotopic (exact) mass is 390 g/mol. The molecule has 132 valence electrons. The van der Waals surface area contributed by atoms with Gasteiger partial charge in [-0.2, -0.15) is 4.68 Å². The summed E-state index contributed by atoms with van der Waals surface area (Å²) in [6.45, 7) is 1.41. The number of anilines is 1. The number of tetrazole rings is 1. The molecule has 2 aromatic carbocycles. The fourth-order valence-electron chi connectivity index (χ4n) is 2.14. The van der Waals surface area contributed by atoms with E-state index in [0.717, 1.165) is 11.8 Å². The first kappa shape index (κ1) is 17.8. The predicted octanol–water partition coefficient (Wildman–Crippen LogP) is 3.33. The predicted molar refractivity (Wildman–Crippen MR) is 95.7 cm³/mol. The second-order valence-electron chi connectivity index (χ2n) is 5.08. The lowest BCUT2D eigenvalue weighted by Crippen LogP contribution is -2.07. The maximum absolute atomic E-state index is 11.2. The SMILES string of the molecule is CC(=O)Nc1cccc(-n2nnnc2Sc2ccc(Cl)cc2[N+](=O)[O-])c1. The number of amides is 1. The normalized spacial score (nSPS) is 10.5. The molecule has 0 aliphatic heterocycles. The molecule has 9 nitrogen and oxygen atoms in total. The summed E-state index contributed by atoms with van der Waals surface area (Å²) < 4.78 is 1.42. The smallest absolute Gasteiger partial charge is 0.284 e. The number of halogens is 1. The molecule has 0 bridgehead atoms. The Morgan fingerprint density at radius 1 is 1.31 bits per heavy atom. The average molecular weight is 391 g/mol. The molecule has 0 saturated heterocycles. The van der Waals surface area contributed by atoms with E-state index in [-0.39, 0.29) is 16.6 Å². The minimum absolute atomic E-state index is 0.135. The Morgan fingerprint density at radius 3 is 2.85 bits per heavy atom. The molecule has 3 rings (SSSR count). The van der Waals surface area contributed by atoms with Gasteiger partial charge in [-0.25, -0.2) is 0 Å². The number of hydrogen-bond donors (Lipinski definition) is 1. The van der Waals surface area contributed by atoms with Gasteiger partial charge in [0.05, 0.1) is 15.5 Å². The summed E-state index contributed by atoms with van der Waals surface area (Å²) in [6.07, 6.45) is 0. The standard InChI is InChI=1S/C15H11ClN6O3S/c1-9(23)17-11-3-2-4-12(8-11)21-15(18-19-20-21)26-14-6-5-10(16)7-13(14)22(24)25/h2-8H,1H3,(H,17,23). The first-order valence-corrected chi connectivity index (χ1v) is 8.41. The number of hydrogen-bond acceptors (Lipinski definition) is 7. The molecule has 1 N–H and O–H groups in total. The van der Waals surface area contributed by atoms with Crippen LogP contribution in [0.3, 0.4) is 0 Å². The molecule has 0 aliphatic rings. The van der Waals surface area contributed by atoms with Crippen LogP contribution in [-0.2, 0) is 4.79 Å². The molecule has 1 heterocycles. The molecule has 0 fully saturated rings. The van der Waals surface area contributed by atoms with Crippen LogP contribution in [0.2, 0.25) is 5.02 Å². The van der Waals surface area contributed by atoms with E-state index in [2.05, 4.69) is 20.8 Å². The zero-order chi connectivity index (χ0) is 18.7. The minimum Gasteiger partial charge on any atom is -0.326 e. The molecule has 1 aromatic heterocycles. The van der Waals surface area contributed by atoms with Gasteiger partial charge in [-0.05, 0) is 52.5 Å². The third kappa shape index (κ3) is 3.98. The van der Waals surface area contributed by atoms with Crippen molar-refractivity contribution in [2.75, 3.05) is 5.32 Å². The van der Waals surface area contributed by atoms with Crippen LogP contribution in [-0.4, -0.2) is 31.0 Å². The molecule has 26 heavy (non-hydrogen) atoms. The van der Waals surface area contributed by atoms with Gasteiger partial charge in [-0.15, -0.1) is 5.10 Å². The number of nitro benzene ring substituents is 1. The first-order valence-electron chi connectivity index (χ1n) is 7.22. The number of nitrogens with one attached hydrogen (secondary N) is 1. The van der Waals surface area contributed by atoms with Crippen molar-refractivity contribution in [3.05, 3.63) is 57.6 Å². The van der Waals surface area contributed by atoms with Crippen molar-refractivity contribution in [2.45, 2.75) is 17.0 Å². The summed E-state index contributed by atoms with van der Waals surface area (Å²) in [5.41, 5.74) is 1.04. The van der Waals surface area contributed by atoms with Crippen LogP contribution in [0.15, 0.2) is 52.5 Å². The van der Waals surface area contributed by atoms with E-state index >= 15 is 0 Å². The van der Waals surface area contributed by atoms with Crippen molar-refractivity contribution in [1.82, 2.24) is 20.2 Å².